The molecule has 5 heteroatoms. The van der Waals surface area contributed by atoms with Gasteiger partial charge in [0.2, 0.25) is 0 Å². The molecule has 0 saturated heterocycles. The van der Waals surface area contributed by atoms with Gasteiger partial charge in [0, 0.05) is 23.3 Å². The van der Waals surface area contributed by atoms with Gasteiger partial charge in [0.25, 0.3) is 5.91 Å². The quantitative estimate of drug-likeness (QED) is 0.756. The van der Waals surface area contributed by atoms with E-state index in [0.717, 1.165) is 9.99 Å². The second-order valence-electron chi connectivity index (χ2n) is 3.99. The fraction of sp³-hybridized carbons (Fsp3) is 0.462. The highest BCUT2D eigenvalue weighted by atomic mass is 127. The predicted octanol–water partition coefficient (Wildman–Crippen LogP) is 2.21. The van der Waals surface area contributed by atoms with Gasteiger partial charge in [-0.2, -0.15) is 0 Å². The Morgan fingerprint density at radius 1 is 1.39 bits per heavy atom. The van der Waals surface area contributed by atoms with Crippen LogP contribution in [0.2, 0.25) is 0 Å². The summed E-state index contributed by atoms with van der Waals surface area (Å²) in [4.78, 5) is 11.6. The van der Waals surface area contributed by atoms with Gasteiger partial charge in [0.05, 0.1) is 0 Å². The minimum absolute atomic E-state index is 0.0396. The zero-order chi connectivity index (χ0) is 13.4. The monoisotopic (exact) mass is 363 g/mol. The average molecular weight is 363 g/mol. The highest BCUT2D eigenvalue weighted by Crippen LogP contribution is 2.13. The smallest absolute Gasteiger partial charge is 0.258 e. The van der Waals surface area contributed by atoms with Crippen LogP contribution < -0.4 is 10.1 Å². The number of carbonyl (C=O) groups is 1. The summed E-state index contributed by atoms with van der Waals surface area (Å²) >= 11 is 2.22. The maximum Gasteiger partial charge on any atom is 0.258 e. The van der Waals surface area contributed by atoms with Crippen LogP contribution in [0.5, 0.6) is 5.75 Å². The zero-order valence-electron chi connectivity index (χ0n) is 10.6. The Hall–Kier alpha value is -0.820. The van der Waals surface area contributed by atoms with E-state index in [0.29, 0.717) is 12.4 Å². The molecule has 0 spiro atoms. The molecular weight excluding hydrogens is 345 g/mol. The molecular formula is C13H18INO3. The van der Waals surface area contributed by atoms with Crippen molar-refractivity contribution in [3.05, 3.63) is 27.8 Å². The van der Waals surface area contributed by atoms with Crippen molar-refractivity contribution in [2.24, 2.45) is 0 Å². The van der Waals surface area contributed by atoms with Gasteiger partial charge in [-0.3, -0.25) is 4.79 Å². The predicted molar refractivity (Wildman–Crippen MR) is 78.8 cm³/mol. The Morgan fingerprint density at radius 3 is 2.67 bits per heavy atom. The second kappa shape index (κ2) is 8.31. The normalized spacial score (nSPS) is 11.9. The first-order valence-corrected chi connectivity index (χ1v) is 6.86. The van der Waals surface area contributed by atoms with Gasteiger partial charge in [-0.05, 0) is 60.2 Å². The lowest BCUT2D eigenvalue weighted by molar-refractivity contribution is -0.123. The van der Waals surface area contributed by atoms with Gasteiger partial charge in [-0.1, -0.05) is 0 Å². The maximum absolute atomic E-state index is 11.6. The summed E-state index contributed by atoms with van der Waals surface area (Å²) in [5, 5.41) is 2.85. The minimum Gasteiger partial charge on any atom is -0.484 e. The molecule has 0 aliphatic heterocycles. The Bertz CT molecular complexity index is 367. The van der Waals surface area contributed by atoms with Crippen molar-refractivity contribution in [2.45, 2.75) is 19.4 Å². The van der Waals surface area contributed by atoms with Crippen LogP contribution in [0.4, 0.5) is 0 Å². The number of carbonyl (C=O) groups excluding carboxylic acids is 1. The van der Waals surface area contributed by atoms with Crippen molar-refractivity contribution >= 4 is 28.5 Å². The van der Waals surface area contributed by atoms with Crippen LogP contribution in [0.3, 0.4) is 0 Å². The number of benzene rings is 1. The van der Waals surface area contributed by atoms with Crippen molar-refractivity contribution < 1.29 is 14.3 Å². The second-order valence-corrected chi connectivity index (χ2v) is 5.24. The number of halogens is 1. The van der Waals surface area contributed by atoms with Crippen LogP contribution in [0.15, 0.2) is 24.3 Å². The lowest BCUT2D eigenvalue weighted by atomic mass is 10.2. The molecule has 0 fully saturated rings. The number of hydrogen-bond acceptors (Lipinski definition) is 3. The summed E-state index contributed by atoms with van der Waals surface area (Å²) in [7, 11) is 1.65. The van der Waals surface area contributed by atoms with Crippen molar-refractivity contribution in [3.8, 4) is 5.75 Å². The van der Waals surface area contributed by atoms with Crippen LogP contribution in [-0.4, -0.2) is 32.3 Å². The molecule has 1 aromatic carbocycles. The van der Waals surface area contributed by atoms with Gasteiger partial charge in [-0.25, -0.2) is 0 Å². The largest absolute Gasteiger partial charge is 0.484 e. The number of methoxy groups -OCH3 is 1. The van der Waals surface area contributed by atoms with Gasteiger partial charge in [0.15, 0.2) is 6.61 Å². The Kier molecular flexibility index (Phi) is 7.04. The van der Waals surface area contributed by atoms with E-state index in [-0.39, 0.29) is 18.6 Å². The van der Waals surface area contributed by atoms with E-state index < -0.39 is 0 Å². The molecule has 0 radical (unpaired) electrons. The molecule has 4 nitrogen and oxygen atoms in total. The van der Waals surface area contributed by atoms with Crippen LogP contribution >= 0.6 is 22.6 Å². The van der Waals surface area contributed by atoms with Crippen LogP contribution in [-0.2, 0) is 9.53 Å². The number of hydrogen-bond donors (Lipinski definition) is 1. The molecule has 0 aliphatic rings. The third kappa shape index (κ3) is 6.20. The molecule has 0 aromatic heterocycles. The first kappa shape index (κ1) is 15.2. The Labute approximate surface area is 121 Å². The van der Waals surface area contributed by atoms with Gasteiger partial charge < -0.3 is 14.8 Å². The van der Waals surface area contributed by atoms with E-state index in [9.17, 15) is 4.79 Å². The van der Waals surface area contributed by atoms with Gasteiger partial charge in [0.1, 0.15) is 5.75 Å². The SMILES string of the molecule is COCCC(C)NC(=O)COc1ccc(I)cc1. The van der Waals surface area contributed by atoms with Crippen molar-refractivity contribution in [2.75, 3.05) is 20.3 Å². The summed E-state index contributed by atoms with van der Waals surface area (Å²) in [6.45, 7) is 2.62. The number of rotatable bonds is 7. The van der Waals surface area contributed by atoms with Crippen LogP contribution in [0.25, 0.3) is 0 Å². The van der Waals surface area contributed by atoms with Gasteiger partial charge >= 0.3 is 0 Å². The fourth-order valence-electron chi connectivity index (χ4n) is 1.36. The fourth-order valence-corrected chi connectivity index (χ4v) is 1.72. The van der Waals surface area contributed by atoms with Crippen molar-refractivity contribution in [1.82, 2.24) is 5.32 Å². The third-order valence-electron chi connectivity index (χ3n) is 2.35. The lowest BCUT2D eigenvalue weighted by Gasteiger charge is -2.13. The summed E-state index contributed by atoms with van der Waals surface area (Å²) in [5.41, 5.74) is 0. The summed E-state index contributed by atoms with van der Waals surface area (Å²) in [6.07, 6.45) is 0.797. The highest BCUT2D eigenvalue weighted by molar-refractivity contribution is 14.1. The molecule has 1 aromatic rings. The molecule has 1 rings (SSSR count). The van der Waals surface area contributed by atoms with Crippen LogP contribution in [0, 0.1) is 3.57 Å². The molecule has 0 bridgehead atoms. The maximum atomic E-state index is 11.6. The van der Waals surface area contributed by atoms with Crippen molar-refractivity contribution in [3.63, 3.8) is 0 Å². The lowest BCUT2D eigenvalue weighted by Crippen LogP contribution is -2.36. The van der Waals surface area contributed by atoms with E-state index in [4.69, 9.17) is 9.47 Å². The molecule has 1 atom stereocenters. The number of amides is 1. The molecule has 0 heterocycles. The molecule has 0 aliphatic carbocycles. The first-order chi connectivity index (χ1) is 8.61. The standard InChI is InChI=1S/C13H18INO3/c1-10(7-8-17-2)15-13(16)9-18-12-5-3-11(14)4-6-12/h3-6,10H,7-9H2,1-2H3,(H,15,16). The third-order valence-corrected chi connectivity index (χ3v) is 3.07. The molecule has 18 heavy (non-hydrogen) atoms. The Balaban J connectivity index is 2.26. The van der Waals surface area contributed by atoms with E-state index in [1.54, 1.807) is 7.11 Å². The topological polar surface area (TPSA) is 47.6 Å². The van der Waals surface area contributed by atoms with Crippen molar-refractivity contribution in [1.29, 1.82) is 0 Å². The molecule has 100 valence electrons. The van der Waals surface area contributed by atoms with E-state index >= 15 is 0 Å². The summed E-state index contributed by atoms with van der Waals surface area (Å²) in [6, 6.07) is 7.68. The van der Waals surface area contributed by atoms with E-state index in [1.165, 1.54) is 0 Å². The van der Waals surface area contributed by atoms with E-state index in [2.05, 4.69) is 27.9 Å². The molecule has 1 N–H and O–H groups in total. The minimum atomic E-state index is -0.114. The number of ether oxygens (including phenoxy) is 2. The first-order valence-electron chi connectivity index (χ1n) is 5.78. The number of nitrogens with one attached hydrogen (secondary N) is 1. The molecule has 1 unspecified atom stereocenters. The Morgan fingerprint density at radius 2 is 2.06 bits per heavy atom. The zero-order valence-corrected chi connectivity index (χ0v) is 12.8. The summed E-state index contributed by atoms with van der Waals surface area (Å²) in [5.74, 6) is 0.590. The van der Waals surface area contributed by atoms with Crippen LogP contribution in [0.1, 0.15) is 13.3 Å². The van der Waals surface area contributed by atoms with Gasteiger partial charge in [-0.15, -0.1) is 0 Å². The summed E-state index contributed by atoms with van der Waals surface area (Å²) < 4.78 is 11.5. The molecule has 0 saturated carbocycles. The van der Waals surface area contributed by atoms with E-state index in [1.807, 2.05) is 31.2 Å². The molecule has 1 amide bonds. The highest BCUT2D eigenvalue weighted by Gasteiger charge is 2.07. The average Bonchev–Trinajstić information content (AvgIpc) is 2.35.